The summed E-state index contributed by atoms with van der Waals surface area (Å²) in [5.74, 6) is 0. The van der Waals surface area contributed by atoms with Crippen LogP contribution in [0.5, 0.6) is 0 Å². The summed E-state index contributed by atoms with van der Waals surface area (Å²) in [6.07, 6.45) is 4.49. The van der Waals surface area contributed by atoms with Gasteiger partial charge in [-0.25, -0.2) is 0 Å². The Hall–Kier alpha value is -0.530. The van der Waals surface area contributed by atoms with Gasteiger partial charge < -0.3 is 4.74 Å². The summed E-state index contributed by atoms with van der Waals surface area (Å²) in [5.41, 5.74) is 5.25. The van der Waals surface area contributed by atoms with Crippen molar-refractivity contribution in [1.29, 1.82) is 0 Å². The van der Waals surface area contributed by atoms with E-state index in [-0.39, 0.29) is 11.0 Å². The second-order valence-electron chi connectivity index (χ2n) is 5.72. The third-order valence-corrected chi connectivity index (χ3v) is 4.67. The van der Waals surface area contributed by atoms with Crippen molar-refractivity contribution in [1.82, 2.24) is 0 Å². The highest BCUT2D eigenvalue weighted by molar-refractivity contribution is 6.21. The van der Waals surface area contributed by atoms with E-state index >= 15 is 0 Å². The van der Waals surface area contributed by atoms with E-state index in [1.165, 1.54) is 28.7 Å². The average molecular weight is 267 g/mol. The first kappa shape index (κ1) is 13.9. The van der Waals surface area contributed by atoms with Gasteiger partial charge in [-0.15, -0.1) is 11.6 Å². The van der Waals surface area contributed by atoms with E-state index < -0.39 is 0 Å². The van der Waals surface area contributed by atoms with Gasteiger partial charge in [-0.1, -0.05) is 17.7 Å². The molecule has 2 heteroatoms. The Balaban J connectivity index is 2.21. The number of aryl methyl sites for hydroxylation is 3. The molecule has 1 aromatic rings. The van der Waals surface area contributed by atoms with Crippen LogP contribution < -0.4 is 0 Å². The number of alkyl halides is 1. The van der Waals surface area contributed by atoms with Gasteiger partial charge in [-0.05, 0) is 63.1 Å². The smallest absolute Gasteiger partial charge is 0.0696 e. The van der Waals surface area contributed by atoms with Gasteiger partial charge in [0.25, 0.3) is 0 Å². The monoisotopic (exact) mass is 266 g/mol. The topological polar surface area (TPSA) is 9.23 Å². The highest BCUT2D eigenvalue weighted by atomic mass is 35.5. The predicted molar refractivity (Wildman–Crippen MR) is 77.5 cm³/mol. The van der Waals surface area contributed by atoms with Gasteiger partial charge in [-0.2, -0.15) is 0 Å². The molecule has 0 radical (unpaired) electrons. The van der Waals surface area contributed by atoms with Crippen LogP contribution in [0.15, 0.2) is 12.1 Å². The minimum absolute atomic E-state index is 0.0379. The van der Waals surface area contributed by atoms with Gasteiger partial charge in [0.2, 0.25) is 0 Å². The molecule has 1 saturated carbocycles. The molecule has 0 aromatic heterocycles. The summed E-state index contributed by atoms with van der Waals surface area (Å²) in [5, 5.41) is 0.0610. The summed E-state index contributed by atoms with van der Waals surface area (Å²) in [7, 11) is 1.82. The second-order valence-corrected chi connectivity index (χ2v) is 6.25. The number of benzene rings is 1. The van der Waals surface area contributed by atoms with E-state index in [0.717, 1.165) is 19.3 Å². The molecule has 1 aliphatic rings. The summed E-state index contributed by atoms with van der Waals surface area (Å²) in [6, 6.07) is 4.44. The maximum atomic E-state index is 6.66. The third kappa shape index (κ3) is 2.57. The molecule has 1 unspecified atom stereocenters. The van der Waals surface area contributed by atoms with Gasteiger partial charge in [0.05, 0.1) is 11.0 Å². The Bertz CT molecular complexity index is 406. The van der Waals surface area contributed by atoms with E-state index in [1.54, 1.807) is 0 Å². The van der Waals surface area contributed by atoms with Gasteiger partial charge in [0.15, 0.2) is 0 Å². The van der Waals surface area contributed by atoms with Crippen molar-refractivity contribution in [2.75, 3.05) is 7.11 Å². The average Bonchev–Trinajstić information content (AvgIpc) is 2.21. The molecule has 0 spiro atoms. The maximum Gasteiger partial charge on any atom is 0.0696 e. The first-order valence-electron chi connectivity index (χ1n) is 6.74. The minimum atomic E-state index is 0.0379. The Labute approximate surface area is 115 Å². The zero-order valence-corrected chi connectivity index (χ0v) is 12.6. The number of hydrogen-bond donors (Lipinski definition) is 0. The zero-order valence-electron chi connectivity index (χ0n) is 11.8. The van der Waals surface area contributed by atoms with E-state index in [4.69, 9.17) is 16.3 Å². The van der Waals surface area contributed by atoms with Gasteiger partial charge in [-0.3, -0.25) is 0 Å². The molecule has 0 amide bonds. The molecule has 0 aliphatic heterocycles. The molecule has 0 bridgehead atoms. The minimum Gasteiger partial charge on any atom is -0.378 e. The van der Waals surface area contributed by atoms with Crippen molar-refractivity contribution in [3.63, 3.8) is 0 Å². The summed E-state index contributed by atoms with van der Waals surface area (Å²) in [6.45, 7) is 6.45. The first-order valence-corrected chi connectivity index (χ1v) is 7.18. The number of hydrogen-bond acceptors (Lipinski definition) is 1. The Kier molecular flexibility index (Phi) is 4.03. The molecule has 100 valence electrons. The van der Waals surface area contributed by atoms with E-state index in [1.807, 2.05) is 7.11 Å². The molecule has 0 N–H and O–H groups in total. The van der Waals surface area contributed by atoms with E-state index in [9.17, 15) is 0 Å². The van der Waals surface area contributed by atoms with Crippen LogP contribution in [0.4, 0.5) is 0 Å². The van der Waals surface area contributed by atoms with Gasteiger partial charge >= 0.3 is 0 Å². The number of methoxy groups -OCH3 is 1. The summed E-state index contributed by atoms with van der Waals surface area (Å²) < 4.78 is 5.68. The van der Waals surface area contributed by atoms with Crippen LogP contribution in [0.25, 0.3) is 0 Å². The molecule has 2 rings (SSSR count). The SMILES string of the molecule is COC1(CC(Cl)c2c(C)cc(C)cc2C)CCC1. The number of ether oxygens (including phenoxy) is 1. The lowest BCUT2D eigenvalue weighted by Gasteiger charge is -2.42. The Morgan fingerprint density at radius 2 is 1.78 bits per heavy atom. The number of halogens is 1. The van der Waals surface area contributed by atoms with Crippen LogP contribution in [0.3, 0.4) is 0 Å². The molecule has 1 atom stereocenters. The lowest BCUT2D eigenvalue weighted by Crippen LogP contribution is -2.40. The van der Waals surface area contributed by atoms with Crippen LogP contribution in [-0.2, 0) is 4.74 Å². The van der Waals surface area contributed by atoms with Crippen molar-refractivity contribution in [3.05, 3.63) is 34.4 Å². The molecule has 1 fully saturated rings. The Morgan fingerprint density at radius 1 is 1.22 bits per heavy atom. The van der Waals surface area contributed by atoms with Crippen LogP contribution in [0.2, 0.25) is 0 Å². The molecule has 0 heterocycles. The van der Waals surface area contributed by atoms with Crippen molar-refractivity contribution >= 4 is 11.6 Å². The lowest BCUT2D eigenvalue weighted by atomic mass is 9.75. The first-order chi connectivity index (χ1) is 8.47. The Morgan fingerprint density at radius 3 is 2.17 bits per heavy atom. The predicted octanol–water partition coefficient (Wildman–Crippen LogP) is 4.85. The normalized spacial score (nSPS) is 19.4. The molecule has 1 nitrogen and oxygen atoms in total. The fourth-order valence-corrected chi connectivity index (χ4v) is 3.80. The van der Waals surface area contributed by atoms with Crippen LogP contribution in [0.1, 0.15) is 53.3 Å². The molecule has 18 heavy (non-hydrogen) atoms. The van der Waals surface area contributed by atoms with Gasteiger partial charge in [0, 0.05) is 7.11 Å². The fraction of sp³-hybridized carbons (Fsp3) is 0.625. The van der Waals surface area contributed by atoms with Crippen LogP contribution in [0, 0.1) is 20.8 Å². The van der Waals surface area contributed by atoms with Gasteiger partial charge in [0.1, 0.15) is 0 Å². The lowest BCUT2D eigenvalue weighted by molar-refractivity contribution is -0.0780. The molecule has 0 saturated heterocycles. The maximum absolute atomic E-state index is 6.66. The van der Waals surface area contributed by atoms with E-state index in [0.29, 0.717) is 0 Å². The molecule has 1 aromatic carbocycles. The molecule has 1 aliphatic carbocycles. The largest absolute Gasteiger partial charge is 0.378 e. The van der Waals surface area contributed by atoms with Crippen LogP contribution >= 0.6 is 11.6 Å². The zero-order chi connectivity index (χ0) is 13.3. The second kappa shape index (κ2) is 5.22. The highest BCUT2D eigenvalue weighted by Gasteiger charge is 2.39. The van der Waals surface area contributed by atoms with Crippen molar-refractivity contribution in [2.45, 2.75) is 57.4 Å². The van der Waals surface area contributed by atoms with E-state index in [2.05, 4.69) is 32.9 Å². The van der Waals surface area contributed by atoms with Crippen molar-refractivity contribution in [2.24, 2.45) is 0 Å². The van der Waals surface area contributed by atoms with Crippen LogP contribution in [-0.4, -0.2) is 12.7 Å². The fourth-order valence-electron chi connectivity index (χ4n) is 3.18. The highest BCUT2D eigenvalue weighted by Crippen LogP contribution is 2.45. The molecular weight excluding hydrogens is 244 g/mol. The summed E-state index contributed by atoms with van der Waals surface area (Å²) in [4.78, 5) is 0. The third-order valence-electron chi connectivity index (χ3n) is 4.30. The molecular formula is C16H23ClO. The standard InChI is InChI=1S/C16H23ClO/c1-11-8-12(2)15(13(3)9-11)14(17)10-16(18-4)6-5-7-16/h8-9,14H,5-7,10H2,1-4H3. The van der Waals surface area contributed by atoms with Crippen molar-refractivity contribution in [3.8, 4) is 0 Å². The quantitative estimate of drug-likeness (QED) is 0.708. The van der Waals surface area contributed by atoms with Crippen molar-refractivity contribution < 1.29 is 4.74 Å². The summed E-state index contributed by atoms with van der Waals surface area (Å²) >= 11 is 6.66. The number of rotatable bonds is 4.